The molecule has 0 bridgehead atoms. The number of hydrogen-bond acceptors (Lipinski definition) is 4. The van der Waals surface area contributed by atoms with Gasteiger partial charge in [-0.05, 0) is 59.9 Å². The Balaban J connectivity index is 1.75. The van der Waals surface area contributed by atoms with Crippen molar-refractivity contribution in [3.05, 3.63) is 83.2 Å². The lowest BCUT2D eigenvalue weighted by atomic mass is 9.93. The van der Waals surface area contributed by atoms with Crippen LogP contribution in [0.4, 0.5) is 11.4 Å². The Kier molecular flexibility index (Phi) is 5.21. The van der Waals surface area contributed by atoms with Crippen molar-refractivity contribution in [2.24, 2.45) is 0 Å². The van der Waals surface area contributed by atoms with Crippen molar-refractivity contribution in [1.29, 1.82) is 0 Å². The number of para-hydroxylation sites is 2. The van der Waals surface area contributed by atoms with Crippen LogP contribution in [0.25, 0.3) is 16.7 Å². The van der Waals surface area contributed by atoms with Crippen molar-refractivity contribution in [3.63, 3.8) is 0 Å². The van der Waals surface area contributed by atoms with Crippen molar-refractivity contribution in [3.8, 4) is 5.69 Å². The van der Waals surface area contributed by atoms with Crippen LogP contribution in [0, 0.1) is 0 Å². The fraction of sp³-hybridized carbons (Fsp3) is 0.222. The van der Waals surface area contributed by atoms with Crippen molar-refractivity contribution >= 4 is 34.8 Å². The van der Waals surface area contributed by atoms with Gasteiger partial charge in [0.15, 0.2) is 0 Å². The number of ether oxygens (including phenoxy) is 1. The van der Waals surface area contributed by atoms with Gasteiger partial charge < -0.3 is 4.74 Å². The number of imidazole rings is 1. The molecule has 2 heterocycles. The highest BCUT2D eigenvalue weighted by molar-refractivity contribution is 6.03. The molecular weight excluding hydrogens is 414 g/mol. The number of nitrogens with zero attached hydrogens (tertiary/aromatic N) is 3. The van der Waals surface area contributed by atoms with Gasteiger partial charge in [0.2, 0.25) is 6.41 Å². The number of aromatic nitrogens is 2. The predicted octanol–water partition coefficient (Wildman–Crippen LogP) is 5.33. The largest absolute Gasteiger partial charge is 0.465 e. The van der Waals surface area contributed by atoms with E-state index in [4.69, 9.17) is 9.72 Å². The lowest BCUT2D eigenvalue weighted by molar-refractivity contribution is -0.106. The molecule has 1 aliphatic heterocycles. The molecular formula is C27H25N3O3. The monoisotopic (exact) mass is 439 g/mol. The second-order valence-electron chi connectivity index (χ2n) is 8.33. The minimum absolute atomic E-state index is 0.200. The van der Waals surface area contributed by atoms with Gasteiger partial charge in [-0.3, -0.25) is 14.3 Å². The normalized spacial score (nSPS) is 15.0. The number of fused-ring (bicyclic) bond motifs is 3. The van der Waals surface area contributed by atoms with Crippen LogP contribution in [0.2, 0.25) is 0 Å². The Morgan fingerprint density at radius 2 is 1.94 bits per heavy atom. The van der Waals surface area contributed by atoms with Gasteiger partial charge in [-0.15, -0.1) is 0 Å². The first-order valence-electron chi connectivity index (χ1n) is 11.1. The first-order valence-corrected chi connectivity index (χ1v) is 11.1. The average molecular weight is 440 g/mol. The van der Waals surface area contributed by atoms with E-state index in [1.807, 2.05) is 54.0 Å². The van der Waals surface area contributed by atoms with E-state index < -0.39 is 5.97 Å². The topological polar surface area (TPSA) is 64.4 Å². The van der Waals surface area contributed by atoms with Crippen LogP contribution in [0.5, 0.6) is 0 Å². The number of aryl methyl sites for hydroxylation is 1. The molecule has 0 spiro atoms. The highest BCUT2D eigenvalue weighted by Gasteiger charge is 2.26. The first-order chi connectivity index (χ1) is 16.1. The number of anilines is 2. The molecule has 4 aromatic rings. The van der Waals surface area contributed by atoms with Gasteiger partial charge in [0, 0.05) is 12.1 Å². The van der Waals surface area contributed by atoms with E-state index in [2.05, 4.69) is 19.1 Å². The van der Waals surface area contributed by atoms with Crippen LogP contribution in [0.3, 0.4) is 0 Å². The van der Waals surface area contributed by atoms with Crippen molar-refractivity contribution in [2.75, 3.05) is 12.0 Å². The molecule has 0 N–H and O–H groups in total. The van der Waals surface area contributed by atoms with Gasteiger partial charge in [-0.1, -0.05) is 38.1 Å². The van der Waals surface area contributed by atoms with Gasteiger partial charge in [0.1, 0.15) is 5.82 Å². The minimum atomic E-state index is -0.393. The fourth-order valence-corrected chi connectivity index (χ4v) is 4.86. The zero-order valence-electron chi connectivity index (χ0n) is 18.9. The number of carbonyl (C=O) groups is 2. The second kappa shape index (κ2) is 8.20. The predicted molar refractivity (Wildman–Crippen MR) is 129 cm³/mol. The van der Waals surface area contributed by atoms with Crippen LogP contribution < -0.4 is 4.90 Å². The molecule has 5 rings (SSSR count). The molecule has 166 valence electrons. The maximum absolute atomic E-state index is 12.5. The SMILES string of the molecule is CCc1nc2cccc(C(=O)OC)c2n1-c1ccc2c(c1)C(C)Cc1ccccc1N2C=O. The molecule has 33 heavy (non-hydrogen) atoms. The number of benzene rings is 3. The molecule has 0 aliphatic carbocycles. The highest BCUT2D eigenvalue weighted by atomic mass is 16.5. The summed E-state index contributed by atoms with van der Waals surface area (Å²) in [4.78, 5) is 31.2. The summed E-state index contributed by atoms with van der Waals surface area (Å²) < 4.78 is 7.08. The zero-order chi connectivity index (χ0) is 23.1. The molecule has 6 heteroatoms. The Morgan fingerprint density at radius 3 is 2.70 bits per heavy atom. The van der Waals surface area contributed by atoms with Crippen LogP contribution in [0.15, 0.2) is 60.7 Å². The van der Waals surface area contributed by atoms with Crippen molar-refractivity contribution in [2.45, 2.75) is 32.6 Å². The Labute approximate surface area is 192 Å². The molecule has 0 radical (unpaired) electrons. The lowest BCUT2D eigenvalue weighted by Gasteiger charge is -2.22. The molecule has 1 unspecified atom stereocenters. The number of methoxy groups -OCH3 is 1. The molecule has 3 aromatic carbocycles. The molecule has 1 aliphatic rings. The molecule has 6 nitrogen and oxygen atoms in total. The third-order valence-electron chi connectivity index (χ3n) is 6.41. The van der Waals surface area contributed by atoms with E-state index >= 15 is 0 Å². The third kappa shape index (κ3) is 3.30. The van der Waals surface area contributed by atoms with Gasteiger partial charge >= 0.3 is 5.97 Å². The fourth-order valence-electron chi connectivity index (χ4n) is 4.86. The summed E-state index contributed by atoms with van der Waals surface area (Å²) in [5.41, 5.74) is 6.89. The summed E-state index contributed by atoms with van der Waals surface area (Å²) in [7, 11) is 1.39. The minimum Gasteiger partial charge on any atom is -0.465 e. The second-order valence-corrected chi connectivity index (χ2v) is 8.33. The molecule has 1 atom stereocenters. The smallest absolute Gasteiger partial charge is 0.340 e. The van der Waals surface area contributed by atoms with Gasteiger partial charge in [0.05, 0.1) is 35.1 Å². The maximum atomic E-state index is 12.5. The summed E-state index contributed by atoms with van der Waals surface area (Å²) in [5.74, 6) is 0.666. The van der Waals surface area contributed by atoms with Crippen LogP contribution in [-0.2, 0) is 22.4 Å². The number of rotatable bonds is 4. The van der Waals surface area contributed by atoms with Crippen molar-refractivity contribution in [1.82, 2.24) is 9.55 Å². The van der Waals surface area contributed by atoms with Crippen molar-refractivity contribution < 1.29 is 14.3 Å². The summed E-state index contributed by atoms with van der Waals surface area (Å²) in [6.45, 7) is 4.23. The molecule has 1 aromatic heterocycles. The summed E-state index contributed by atoms with van der Waals surface area (Å²) >= 11 is 0. The average Bonchev–Trinajstić information content (AvgIpc) is 3.18. The van der Waals surface area contributed by atoms with Crippen LogP contribution in [-0.4, -0.2) is 29.0 Å². The summed E-state index contributed by atoms with van der Waals surface area (Å²) in [6.07, 6.45) is 2.42. The molecule has 0 fully saturated rings. The number of hydrogen-bond donors (Lipinski definition) is 0. The molecule has 1 amide bonds. The maximum Gasteiger partial charge on any atom is 0.340 e. The van der Waals surface area contributed by atoms with Gasteiger partial charge in [-0.2, -0.15) is 0 Å². The van der Waals surface area contributed by atoms with Gasteiger partial charge in [0.25, 0.3) is 0 Å². The van der Waals surface area contributed by atoms with E-state index in [9.17, 15) is 9.59 Å². The summed E-state index contributed by atoms with van der Waals surface area (Å²) in [5, 5.41) is 0. The Bertz CT molecular complexity index is 1390. The van der Waals surface area contributed by atoms with E-state index in [1.165, 1.54) is 7.11 Å². The van der Waals surface area contributed by atoms with Crippen LogP contribution >= 0.6 is 0 Å². The Hall–Kier alpha value is -3.93. The standard InChI is InChI=1S/C27H25N3O3/c1-4-25-28-22-10-7-9-20(27(32)33-3)26(22)30(25)19-12-13-24-21(15-19)17(2)14-18-8-5-6-11-23(18)29(24)16-31/h5-13,15-17H,4,14H2,1-3H3. The first kappa shape index (κ1) is 20.9. The summed E-state index contributed by atoms with van der Waals surface area (Å²) in [6, 6.07) is 19.6. The molecule has 0 saturated heterocycles. The number of amides is 1. The van der Waals surface area contributed by atoms with E-state index in [0.717, 1.165) is 57.9 Å². The van der Waals surface area contributed by atoms with Gasteiger partial charge in [-0.25, -0.2) is 9.78 Å². The van der Waals surface area contributed by atoms with E-state index in [1.54, 1.807) is 11.0 Å². The third-order valence-corrected chi connectivity index (χ3v) is 6.41. The molecule has 0 saturated carbocycles. The van der Waals surface area contributed by atoms with Crippen LogP contribution in [0.1, 0.15) is 47.1 Å². The Morgan fingerprint density at radius 1 is 1.12 bits per heavy atom. The lowest BCUT2D eigenvalue weighted by Crippen LogP contribution is -2.16. The highest BCUT2D eigenvalue weighted by Crippen LogP contribution is 2.41. The zero-order valence-corrected chi connectivity index (χ0v) is 18.9. The van der Waals surface area contributed by atoms with E-state index in [0.29, 0.717) is 12.0 Å². The quantitative estimate of drug-likeness (QED) is 0.319. The van der Waals surface area contributed by atoms with E-state index in [-0.39, 0.29) is 5.92 Å². The number of carbonyl (C=O) groups excluding carboxylic acids is 2. The number of esters is 1.